The number of amides is 1. The van der Waals surface area contributed by atoms with Gasteiger partial charge in [0.2, 0.25) is 5.91 Å². The molecule has 1 aliphatic rings. The second-order valence-corrected chi connectivity index (χ2v) is 5.65. The number of carbonyl (C=O) groups excluding carboxylic acids is 2. The molecule has 118 valence electrons. The van der Waals surface area contributed by atoms with E-state index in [2.05, 4.69) is 0 Å². The van der Waals surface area contributed by atoms with Crippen LogP contribution in [-0.2, 0) is 11.3 Å². The van der Waals surface area contributed by atoms with Crippen LogP contribution in [0, 0.1) is 0 Å². The van der Waals surface area contributed by atoms with Crippen molar-refractivity contribution in [1.29, 1.82) is 0 Å². The van der Waals surface area contributed by atoms with Gasteiger partial charge in [0.15, 0.2) is 5.78 Å². The van der Waals surface area contributed by atoms with Crippen molar-refractivity contribution < 1.29 is 14.3 Å². The van der Waals surface area contributed by atoms with Gasteiger partial charge in [-0.2, -0.15) is 0 Å². The van der Waals surface area contributed by atoms with Gasteiger partial charge in [-0.3, -0.25) is 9.59 Å². The molecular weight excluding hydrogens is 290 g/mol. The minimum Gasteiger partial charge on any atom is -0.497 e. The lowest BCUT2D eigenvalue weighted by Crippen LogP contribution is -2.38. The zero-order chi connectivity index (χ0) is 16.2. The number of likely N-dealkylation sites (tertiary alicyclic amines) is 1. The summed E-state index contributed by atoms with van der Waals surface area (Å²) in [7, 11) is 1.62. The number of benzene rings is 2. The summed E-state index contributed by atoms with van der Waals surface area (Å²) in [5.41, 5.74) is 1.65. The normalized spacial score (nSPS) is 17.3. The molecule has 3 rings (SSSR count). The fourth-order valence-electron chi connectivity index (χ4n) is 2.93. The maximum atomic E-state index is 12.7. The van der Waals surface area contributed by atoms with Crippen molar-refractivity contribution in [3.05, 3.63) is 65.7 Å². The van der Waals surface area contributed by atoms with Crippen LogP contribution in [0.25, 0.3) is 0 Å². The van der Waals surface area contributed by atoms with Gasteiger partial charge in [-0.1, -0.05) is 42.5 Å². The summed E-state index contributed by atoms with van der Waals surface area (Å²) >= 11 is 0. The Morgan fingerprint density at radius 3 is 2.48 bits per heavy atom. The molecule has 1 heterocycles. The molecule has 2 aromatic carbocycles. The van der Waals surface area contributed by atoms with E-state index in [-0.39, 0.29) is 17.7 Å². The summed E-state index contributed by atoms with van der Waals surface area (Å²) in [6.07, 6.45) is 1.02. The minimum atomic E-state index is -0.369. The number of rotatable bonds is 5. The molecule has 0 N–H and O–H groups in total. The van der Waals surface area contributed by atoms with Crippen LogP contribution < -0.4 is 4.74 Å². The van der Waals surface area contributed by atoms with E-state index in [9.17, 15) is 9.59 Å². The topological polar surface area (TPSA) is 46.6 Å². The third-order valence-corrected chi connectivity index (χ3v) is 4.20. The van der Waals surface area contributed by atoms with E-state index in [1.165, 1.54) is 0 Å². The molecule has 2 aromatic rings. The lowest BCUT2D eigenvalue weighted by atomic mass is 10.0. The summed E-state index contributed by atoms with van der Waals surface area (Å²) in [5.74, 6) is 0.832. The van der Waals surface area contributed by atoms with E-state index in [0.29, 0.717) is 24.9 Å². The van der Waals surface area contributed by atoms with Gasteiger partial charge in [0.1, 0.15) is 5.75 Å². The van der Waals surface area contributed by atoms with E-state index in [1.807, 2.05) is 42.5 Å². The van der Waals surface area contributed by atoms with E-state index in [4.69, 9.17) is 4.74 Å². The first-order valence-electron chi connectivity index (χ1n) is 7.70. The lowest BCUT2D eigenvalue weighted by molar-refractivity contribution is -0.129. The van der Waals surface area contributed by atoms with Gasteiger partial charge in [0.05, 0.1) is 13.2 Å². The van der Waals surface area contributed by atoms with Crippen LogP contribution >= 0.6 is 0 Å². The molecule has 0 saturated carbocycles. The minimum absolute atomic E-state index is 0.0185. The van der Waals surface area contributed by atoms with Crippen LogP contribution in [0.4, 0.5) is 0 Å². The molecule has 4 heteroatoms. The lowest BCUT2D eigenvalue weighted by Gasteiger charge is -2.24. The molecule has 0 aliphatic carbocycles. The molecule has 0 aromatic heterocycles. The summed E-state index contributed by atoms with van der Waals surface area (Å²) in [5, 5.41) is 0. The van der Waals surface area contributed by atoms with E-state index in [0.717, 1.165) is 11.3 Å². The SMILES string of the molecule is COc1ccc(CN2C(=O)CCC2C(=O)c2ccccc2)cc1. The Kier molecular flexibility index (Phi) is 4.42. The smallest absolute Gasteiger partial charge is 0.223 e. The first-order valence-corrected chi connectivity index (χ1v) is 7.70. The number of nitrogens with zero attached hydrogens (tertiary/aromatic N) is 1. The first kappa shape index (κ1) is 15.3. The molecule has 0 radical (unpaired) electrons. The first-order chi connectivity index (χ1) is 11.2. The number of methoxy groups -OCH3 is 1. The molecule has 1 amide bonds. The molecule has 1 fully saturated rings. The standard InChI is InChI=1S/C19H19NO3/c1-23-16-9-7-14(8-10-16)13-20-17(11-12-18(20)21)19(22)15-5-3-2-4-6-15/h2-10,17H,11-13H2,1H3. The zero-order valence-electron chi connectivity index (χ0n) is 13.1. The molecule has 23 heavy (non-hydrogen) atoms. The number of carbonyl (C=O) groups is 2. The average Bonchev–Trinajstić information content (AvgIpc) is 2.96. The summed E-state index contributed by atoms with van der Waals surface area (Å²) in [6.45, 7) is 0.450. The molecular formula is C19H19NO3. The number of hydrogen-bond donors (Lipinski definition) is 0. The molecule has 0 bridgehead atoms. The summed E-state index contributed by atoms with van der Waals surface area (Å²) < 4.78 is 5.14. The predicted molar refractivity (Wildman–Crippen MR) is 87.3 cm³/mol. The second-order valence-electron chi connectivity index (χ2n) is 5.65. The fourth-order valence-corrected chi connectivity index (χ4v) is 2.93. The maximum Gasteiger partial charge on any atom is 0.223 e. The number of Topliss-reactive ketones (excluding diaryl/α,β-unsaturated/α-hetero) is 1. The largest absolute Gasteiger partial charge is 0.497 e. The Bertz CT molecular complexity index is 694. The average molecular weight is 309 g/mol. The third-order valence-electron chi connectivity index (χ3n) is 4.20. The Hall–Kier alpha value is -2.62. The molecule has 1 saturated heterocycles. The Labute approximate surface area is 135 Å². The van der Waals surface area contributed by atoms with Crippen molar-refractivity contribution in [2.24, 2.45) is 0 Å². The summed E-state index contributed by atoms with van der Waals surface area (Å²) in [6, 6.07) is 16.4. The molecule has 1 unspecified atom stereocenters. The second kappa shape index (κ2) is 6.65. The Morgan fingerprint density at radius 1 is 1.13 bits per heavy atom. The van der Waals surface area contributed by atoms with Gasteiger partial charge in [-0.05, 0) is 24.1 Å². The van der Waals surface area contributed by atoms with Crippen molar-refractivity contribution in [1.82, 2.24) is 4.90 Å². The zero-order valence-corrected chi connectivity index (χ0v) is 13.1. The van der Waals surface area contributed by atoms with Crippen LogP contribution in [-0.4, -0.2) is 29.7 Å². The van der Waals surface area contributed by atoms with Crippen LogP contribution in [0.1, 0.15) is 28.8 Å². The highest BCUT2D eigenvalue weighted by Gasteiger charge is 2.36. The molecule has 4 nitrogen and oxygen atoms in total. The van der Waals surface area contributed by atoms with Gasteiger partial charge in [-0.15, -0.1) is 0 Å². The monoisotopic (exact) mass is 309 g/mol. The Morgan fingerprint density at radius 2 is 1.83 bits per heavy atom. The third kappa shape index (κ3) is 3.26. The van der Waals surface area contributed by atoms with Crippen LogP contribution in [0.3, 0.4) is 0 Å². The van der Waals surface area contributed by atoms with Crippen molar-refractivity contribution in [3.63, 3.8) is 0 Å². The summed E-state index contributed by atoms with van der Waals surface area (Å²) in [4.78, 5) is 26.6. The number of ketones is 1. The fraction of sp³-hybridized carbons (Fsp3) is 0.263. The van der Waals surface area contributed by atoms with Crippen LogP contribution in [0.2, 0.25) is 0 Å². The van der Waals surface area contributed by atoms with Gasteiger partial charge in [0.25, 0.3) is 0 Å². The van der Waals surface area contributed by atoms with Crippen molar-refractivity contribution in [3.8, 4) is 5.75 Å². The van der Waals surface area contributed by atoms with E-state index >= 15 is 0 Å². The van der Waals surface area contributed by atoms with Crippen LogP contribution in [0.5, 0.6) is 5.75 Å². The molecule has 1 atom stereocenters. The van der Waals surface area contributed by atoms with Crippen molar-refractivity contribution in [2.75, 3.05) is 7.11 Å². The Balaban J connectivity index is 1.78. The maximum absolute atomic E-state index is 12.7. The van der Waals surface area contributed by atoms with Crippen molar-refractivity contribution >= 4 is 11.7 Å². The van der Waals surface area contributed by atoms with Crippen LogP contribution in [0.15, 0.2) is 54.6 Å². The molecule has 1 aliphatic heterocycles. The van der Waals surface area contributed by atoms with E-state index < -0.39 is 0 Å². The molecule has 0 spiro atoms. The highest BCUT2D eigenvalue weighted by Crippen LogP contribution is 2.25. The van der Waals surface area contributed by atoms with E-state index in [1.54, 1.807) is 24.1 Å². The predicted octanol–water partition coefficient (Wildman–Crippen LogP) is 3.07. The van der Waals surface area contributed by atoms with Gasteiger partial charge < -0.3 is 9.64 Å². The van der Waals surface area contributed by atoms with Gasteiger partial charge >= 0.3 is 0 Å². The van der Waals surface area contributed by atoms with Gasteiger partial charge in [-0.25, -0.2) is 0 Å². The van der Waals surface area contributed by atoms with Gasteiger partial charge in [0, 0.05) is 18.5 Å². The quantitative estimate of drug-likeness (QED) is 0.797. The number of ether oxygens (including phenoxy) is 1. The van der Waals surface area contributed by atoms with Crippen molar-refractivity contribution in [2.45, 2.75) is 25.4 Å². The highest BCUT2D eigenvalue weighted by atomic mass is 16.5. The highest BCUT2D eigenvalue weighted by molar-refractivity contribution is 6.03. The number of hydrogen-bond acceptors (Lipinski definition) is 3.